The third-order valence-corrected chi connectivity index (χ3v) is 5.37. The van der Waals surface area contributed by atoms with Gasteiger partial charge in [-0.3, -0.25) is 0 Å². The third kappa shape index (κ3) is 8.40. The number of carboxylic acid groups (broad SMARTS) is 1. The standard InChI is InChI=1S/C22H28FN3O6S.Na/c1-13(2)20-18(10-9-16(27)11-17(28)12-19(29)30)21(14-5-7-15(23)8-6-14)25-22(24-20)26(3)33(4,31)32;/h5-10,13,16-17,27-28H,11-12H2,1-4H3,(H,29,30);/q;+1/p-1/b10-9+;/t16-,17-;/m1./s1/i3D3;. The van der Waals surface area contributed by atoms with Gasteiger partial charge in [0.05, 0.1) is 29.9 Å². The molecule has 12 heteroatoms. The van der Waals surface area contributed by atoms with E-state index in [1.165, 1.54) is 24.3 Å². The number of nitrogens with zero attached hydrogens (tertiary/aromatic N) is 3. The van der Waals surface area contributed by atoms with Crippen LogP contribution in [0, 0.1) is 5.82 Å². The average Bonchev–Trinajstić information content (AvgIpc) is 2.69. The third-order valence-electron chi connectivity index (χ3n) is 4.54. The zero-order valence-corrected chi connectivity index (χ0v) is 22.1. The minimum atomic E-state index is -4.34. The van der Waals surface area contributed by atoms with E-state index in [0.717, 1.165) is 12.1 Å². The summed E-state index contributed by atoms with van der Waals surface area (Å²) in [5, 5.41) is 30.7. The quantitative estimate of drug-likeness (QED) is 0.355. The van der Waals surface area contributed by atoms with Gasteiger partial charge < -0.3 is 20.1 Å². The molecule has 0 unspecified atom stereocenters. The molecular formula is C22H27FN3NaO6S. The number of carbonyl (C=O) groups excluding carboxylic acids is 1. The van der Waals surface area contributed by atoms with Gasteiger partial charge in [0.15, 0.2) is 0 Å². The normalized spacial score (nSPS) is 15.2. The maximum Gasteiger partial charge on any atom is 1.00 e. The Hall–Kier alpha value is -1.89. The Bertz CT molecular complexity index is 1230. The predicted octanol–water partition coefficient (Wildman–Crippen LogP) is -1.93. The van der Waals surface area contributed by atoms with Gasteiger partial charge in [0, 0.05) is 41.0 Å². The van der Waals surface area contributed by atoms with E-state index >= 15 is 0 Å². The SMILES string of the molecule is [2H]C([2H])([2H])N(c1nc(-c2ccc(F)cc2)c(/C=C/[C@@H](O)C[C@@H](O)CC(=O)[O-])c(C(C)C)n1)S(C)(=O)=O.[Na+]. The summed E-state index contributed by atoms with van der Waals surface area (Å²) in [4.78, 5) is 19.1. The zero-order chi connectivity index (χ0) is 27.4. The number of sulfonamides is 1. The van der Waals surface area contributed by atoms with E-state index in [-0.39, 0.29) is 63.2 Å². The Balaban J connectivity index is 0.00000684. The van der Waals surface area contributed by atoms with Gasteiger partial charge in [0.25, 0.3) is 0 Å². The number of benzene rings is 1. The van der Waals surface area contributed by atoms with Gasteiger partial charge in [-0.05, 0) is 30.2 Å². The molecule has 2 rings (SSSR count). The summed E-state index contributed by atoms with van der Waals surface area (Å²) in [6, 6.07) is 5.01. The molecule has 1 heterocycles. The van der Waals surface area contributed by atoms with Crippen LogP contribution in [-0.4, -0.2) is 60.0 Å². The molecule has 0 aliphatic carbocycles. The van der Waals surface area contributed by atoms with Crippen molar-refractivity contribution in [2.24, 2.45) is 0 Å². The monoisotopic (exact) mass is 506 g/mol. The van der Waals surface area contributed by atoms with Crippen LogP contribution < -0.4 is 39.0 Å². The summed E-state index contributed by atoms with van der Waals surface area (Å²) < 4.78 is 61.5. The van der Waals surface area contributed by atoms with Crippen molar-refractivity contribution in [3.05, 3.63) is 47.4 Å². The van der Waals surface area contributed by atoms with Crippen molar-refractivity contribution in [3.8, 4) is 11.3 Å². The van der Waals surface area contributed by atoms with E-state index in [0.29, 0.717) is 11.8 Å². The molecule has 0 radical (unpaired) electrons. The van der Waals surface area contributed by atoms with Crippen LogP contribution in [0.15, 0.2) is 30.3 Å². The molecule has 0 spiro atoms. The number of carboxylic acids is 1. The van der Waals surface area contributed by atoms with Crippen molar-refractivity contribution in [1.29, 1.82) is 0 Å². The van der Waals surface area contributed by atoms with Gasteiger partial charge >= 0.3 is 29.6 Å². The average molecular weight is 507 g/mol. The summed E-state index contributed by atoms with van der Waals surface area (Å²) in [6.07, 6.45) is -0.267. The molecule has 0 amide bonds. The number of aliphatic carboxylic acids is 1. The summed E-state index contributed by atoms with van der Waals surface area (Å²) in [7, 11) is -4.34. The second-order valence-electron chi connectivity index (χ2n) is 7.75. The van der Waals surface area contributed by atoms with Gasteiger partial charge in [-0.2, -0.15) is 0 Å². The number of hydrogen-bond donors (Lipinski definition) is 2. The Labute approximate surface area is 224 Å². The van der Waals surface area contributed by atoms with E-state index < -0.39 is 53.4 Å². The second-order valence-corrected chi connectivity index (χ2v) is 9.58. The van der Waals surface area contributed by atoms with E-state index in [1.54, 1.807) is 13.8 Å². The molecule has 0 aliphatic rings. The van der Waals surface area contributed by atoms with Gasteiger partial charge in [-0.1, -0.05) is 26.0 Å². The molecule has 2 N–H and O–H groups in total. The smallest absolute Gasteiger partial charge is 0.550 e. The number of anilines is 1. The maximum absolute atomic E-state index is 13.6. The number of carbonyl (C=O) groups is 1. The number of aliphatic hydroxyl groups excluding tert-OH is 2. The van der Waals surface area contributed by atoms with Crippen molar-refractivity contribution in [1.82, 2.24) is 9.97 Å². The molecule has 0 aliphatic heterocycles. The van der Waals surface area contributed by atoms with Crippen molar-refractivity contribution in [3.63, 3.8) is 0 Å². The van der Waals surface area contributed by atoms with Crippen LogP contribution in [0.3, 0.4) is 0 Å². The number of halogens is 1. The van der Waals surface area contributed by atoms with Crippen LogP contribution in [0.2, 0.25) is 0 Å². The summed E-state index contributed by atoms with van der Waals surface area (Å²) >= 11 is 0. The fraction of sp³-hybridized carbons (Fsp3) is 0.409. The number of hydrogen-bond acceptors (Lipinski definition) is 8. The number of rotatable bonds is 10. The maximum atomic E-state index is 13.6. The number of aromatic nitrogens is 2. The fourth-order valence-corrected chi connectivity index (χ4v) is 3.36. The fourth-order valence-electron chi connectivity index (χ4n) is 2.99. The van der Waals surface area contributed by atoms with Crippen LogP contribution in [0.5, 0.6) is 0 Å². The summed E-state index contributed by atoms with van der Waals surface area (Å²) in [5.74, 6) is -3.02. The van der Waals surface area contributed by atoms with Crippen molar-refractivity contribution < 1.29 is 66.6 Å². The minimum absolute atomic E-state index is 0. The van der Waals surface area contributed by atoms with E-state index in [4.69, 9.17) is 4.11 Å². The van der Waals surface area contributed by atoms with E-state index in [9.17, 15) is 32.9 Å². The molecule has 0 saturated heterocycles. The van der Waals surface area contributed by atoms with Crippen molar-refractivity contribution in [2.75, 3.05) is 17.5 Å². The minimum Gasteiger partial charge on any atom is -0.550 e. The molecule has 2 atom stereocenters. The number of aliphatic hydroxyl groups is 2. The van der Waals surface area contributed by atoms with Crippen LogP contribution >= 0.6 is 0 Å². The molecule has 180 valence electrons. The summed E-state index contributed by atoms with van der Waals surface area (Å²) in [6.45, 7) is 0.306. The molecule has 0 saturated carbocycles. The predicted molar refractivity (Wildman–Crippen MR) is 120 cm³/mol. The second kappa shape index (κ2) is 12.7. The van der Waals surface area contributed by atoms with Crippen LogP contribution in [0.4, 0.5) is 10.3 Å². The molecule has 2 aromatic rings. The Kier molecular flexibility index (Phi) is 9.42. The Morgan fingerprint density at radius 2 is 1.88 bits per heavy atom. The molecule has 0 fully saturated rings. The van der Waals surface area contributed by atoms with Gasteiger partial charge in [-0.25, -0.2) is 27.1 Å². The Morgan fingerprint density at radius 3 is 2.38 bits per heavy atom. The van der Waals surface area contributed by atoms with Gasteiger partial charge in [0.2, 0.25) is 16.0 Å². The van der Waals surface area contributed by atoms with E-state index in [1.807, 2.05) is 0 Å². The largest absolute Gasteiger partial charge is 1.00 e. The first-order valence-electron chi connectivity index (χ1n) is 11.4. The molecule has 9 nitrogen and oxygen atoms in total. The molecule has 1 aromatic heterocycles. The molecule has 0 bridgehead atoms. The first-order valence-corrected chi connectivity index (χ1v) is 11.8. The zero-order valence-electron chi connectivity index (χ0n) is 22.3. The van der Waals surface area contributed by atoms with Crippen molar-refractivity contribution in [2.45, 2.75) is 44.8 Å². The van der Waals surface area contributed by atoms with Crippen LogP contribution in [0.1, 0.15) is 48.0 Å². The van der Waals surface area contributed by atoms with Crippen LogP contribution in [-0.2, 0) is 14.8 Å². The van der Waals surface area contributed by atoms with Gasteiger partial charge in [-0.15, -0.1) is 0 Å². The van der Waals surface area contributed by atoms with Crippen molar-refractivity contribution >= 4 is 28.0 Å². The van der Waals surface area contributed by atoms with Gasteiger partial charge in [0.1, 0.15) is 5.82 Å². The van der Waals surface area contributed by atoms with E-state index in [2.05, 4.69) is 9.97 Å². The first-order chi connectivity index (χ1) is 16.5. The Morgan fingerprint density at radius 1 is 1.26 bits per heavy atom. The van der Waals surface area contributed by atoms with Crippen LogP contribution in [0.25, 0.3) is 17.3 Å². The summed E-state index contributed by atoms with van der Waals surface area (Å²) in [5.41, 5.74) is 0.899. The molecular weight excluding hydrogens is 476 g/mol. The molecule has 34 heavy (non-hydrogen) atoms. The first kappa shape index (κ1) is 25.2. The molecule has 1 aromatic carbocycles. The topological polar surface area (TPSA) is 144 Å².